The maximum atomic E-state index is 12.9. The van der Waals surface area contributed by atoms with Gasteiger partial charge < -0.3 is 5.32 Å². The van der Waals surface area contributed by atoms with Crippen molar-refractivity contribution in [2.24, 2.45) is 0 Å². The van der Waals surface area contributed by atoms with E-state index < -0.39 is 17.9 Å². The van der Waals surface area contributed by atoms with Gasteiger partial charge in [-0.05, 0) is 18.6 Å². The van der Waals surface area contributed by atoms with Crippen molar-refractivity contribution in [1.82, 2.24) is 5.32 Å². The number of benzene rings is 1. The molecule has 1 unspecified atom stereocenters. The molecule has 1 aromatic carbocycles. The number of hydrogen-bond acceptors (Lipinski definition) is 1. The monoisotopic (exact) mass is 211 g/mol. The van der Waals surface area contributed by atoms with E-state index in [1.54, 1.807) is 30.3 Å². The lowest BCUT2D eigenvalue weighted by Gasteiger charge is -2.36. The minimum Gasteiger partial charge on any atom is -0.343 e. The SMILES string of the molecule is O=C(NC1CCC1(F)F)c1ccccc1. The van der Waals surface area contributed by atoms with Gasteiger partial charge in [0.25, 0.3) is 11.8 Å². The Labute approximate surface area is 86.3 Å². The molecule has 1 aliphatic carbocycles. The molecule has 1 N–H and O–H groups in total. The molecule has 1 fully saturated rings. The van der Waals surface area contributed by atoms with Crippen LogP contribution in [0.5, 0.6) is 0 Å². The highest BCUT2D eigenvalue weighted by Crippen LogP contribution is 2.37. The topological polar surface area (TPSA) is 29.1 Å². The van der Waals surface area contributed by atoms with Crippen molar-refractivity contribution in [1.29, 1.82) is 0 Å². The summed E-state index contributed by atoms with van der Waals surface area (Å²) in [7, 11) is 0. The van der Waals surface area contributed by atoms with Gasteiger partial charge in [0.15, 0.2) is 0 Å². The number of carbonyl (C=O) groups is 1. The van der Waals surface area contributed by atoms with Gasteiger partial charge in [0, 0.05) is 12.0 Å². The van der Waals surface area contributed by atoms with E-state index in [9.17, 15) is 13.6 Å². The van der Waals surface area contributed by atoms with Crippen LogP contribution in [-0.2, 0) is 0 Å². The summed E-state index contributed by atoms with van der Waals surface area (Å²) in [6.07, 6.45) is 0.221. The van der Waals surface area contributed by atoms with Crippen molar-refractivity contribution in [2.75, 3.05) is 0 Å². The van der Waals surface area contributed by atoms with Crippen LogP contribution in [-0.4, -0.2) is 17.9 Å². The Hall–Kier alpha value is -1.45. The smallest absolute Gasteiger partial charge is 0.267 e. The largest absolute Gasteiger partial charge is 0.343 e. The second kappa shape index (κ2) is 3.61. The Kier molecular flexibility index (Phi) is 2.42. The Balaban J connectivity index is 1.99. The van der Waals surface area contributed by atoms with Gasteiger partial charge in [-0.2, -0.15) is 0 Å². The van der Waals surface area contributed by atoms with Gasteiger partial charge >= 0.3 is 0 Å². The summed E-state index contributed by atoms with van der Waals surface area (Å²) >= 11 is 0. The average molecular weight is 211 g/mol. The minimum atomic E-state index is -2.73. The van der Waals surface area contributed by atoms with Crippen LogP contribution in [0.25, 0.3) is 0 Å². The van der Waals surface area contributed by atoms with E-state index in [-0.39, 0.29) is 6.42 Å². The van der Waals surface area contributed by atoms with Crippen molar-refractivity contribution in [2.45, 2.75) is 24.8 Å². The van der Waals surface area contributed by atoms with Crippen LogP contribution in [0, 0.1) is 0 Å². The maximum Gasteiger partial charge on any atom is 0.267 e. The summed E-state index contributed by atoms with van der Waals surface area (Å²) in [5, 5.41) is 2.33. The minimum absolute atomic E-state index is 0.132. The van der Waals surface area contributed by atoms with Crippen molar-refractivity contribution >= 4 is 5.91 Å². The second-order valence-electron chi connectivity index (χ2n) is 3.69. The molecule has 2 nitrogen and oxygen atoms in total. The van der Waals surface area contributed by atoms with E-state index in [4.69, 9.17) is 0 Å². The lowest BCUT2D eigenvalue weighted by Crippen LogP contribution is -2.55. The van der Waals surface area contributed by atoms with E-state index in [2.05, 4.69) is 5.32 Å². The molecule has 0 bridgehead atoms. The highest BCUT2D eigenvalue weighted by atomic mass is 19.3. The molecule has 0 saturated heterocycles. The molecule has 1 amide bonds. The van der Waals surface area contributed by atoms with Crippen molar-refractivity contribution in [3.63, 3.8) is 0 Å². The molecule has 0 heterocycles. The summed E-state index contributed by atoms with van der Waals surface area (Å²) in [5.41, 5.74) is 0.417. The standard InChI is InChI=1S/C11H11F2NO/c12-11(13)7-6-9(11)14-10(15)8-4-2-1-3-5-8/h1-5,9H,6-7H2,(H,14,15). The summed E-state index contributed by atoms with van der Waals surface area (Å²) in [4.78, 5) is 11.5. The summed E-state index contributed by atoms with van der Waals surface area (Å²) in [6.45, 7) is 0. The van der Waals surface area contributed by atoms with Crippen LogP contribution in [0.3, 0.4) is 0 Å². The Bertz CT molecular complexity index is 364. The molecule has 0 spiro atoms. The van der Waals surface area contributed by atoms with Crippen LogP contribution >= 0.6 is 0 Å². The van der Waals surface area contributed by atoms with Gasteiger partial charge in [0.05, 0.1) is 6.04 Å². The van der Waals surface area contributed by atoms with Crippen molar-refractivity contribution in [3.8, 4) is 0 Å². The first-order valence-electron chi connectivity index (χ1n) is 4.83. The van der Waals surface area contributed by atoms with Crippen LogP contribution in [0.4, 0.5) is 8.78 Å². The normalized spacial score (nSPS) is 22.9. The predicted molar refractivity (Wildman–Crippen MR) is 51.9 cm³/mol. The molecule has 0 radical (unpaired) electrons. The van der Waals surface area contributed by atoms with E-state index in [0.717, 1.165) is 0 Å². The van der Waals surface area contributed by atoms with Crippen molar-refractivity contribution in [3.05, 3.63) is 35.9 Å². The predicted octanol–water partition coefficient (Wildman–Crippen LogP) is 2.21. The quantitative estimate of drug-likeness (QED) is 0.798. The Morgan fingerprint density at radius 2 is 2.00 bits per heavy atom. The lowest BCUT2D eigenvalue weighted by molar-refractivity contribution is -0.102. The van der Waals surface area contributed by atoms with Crippen LogP contribution in [0.15, 0.2) is 30.3 Å². The summed E-state index contributed by atoms with van der Waals surface area (Å²) < 4.78 is 25.7. The number of hydrogen-bond donors (Lipinski definition) is 1. The first-order valence-corrected chi connectivity index (χ1v) is 4.83. The zero-order valence-electron chi connectivity index (χ0n) is 8.04. The molecule has 1 atom stereocenters. The molecular formula is C11H11F2NO. The van der Waals surface area contributed by atoms with Gasteiger partial charge in [0.1, 0.15) is 0 Å². The molecule has 1 aromatic rings. The number of rotatable bonds is 2. The van der Waals surface area contributed by atoms with Gasteiger partial charge in [-0.15, -0.1) is 0 Å². The molecule has 4 heteroatoms. The van der Waals surface area contributed by atoms with E-state index >= 15 is 0 Å². The molecule has 0 aliphatic heterocycles. The fraction of sp³-hybridized carbons (Fsp3) is 0.364. The van der Waals surface area contributed by atoms with E-state index in [1.165, 1.54) is 0 Å². The third kappa shape index (κ3) is 1.98. The van der Waals surface area contributed by atoms with E-state index in [1.807, 2.05) is 0 Å². The molecule has 2 rings (SSSR count). The van der Waals surface area contributed by atoms with Gasteiger partial charge in [-0.3, -0.25) is 4.79 Å². The second-order valence-corrected chi connectivity index (χ2v) is 3.69. The maximum absolute atomic E-state index is 12.9. The number of amides is 1. The number of nitrogens with one attached hydrogen (secondary N) is 1. The van der Waals surface area contributed by atoms with Crippen molar-refractivity contribution < 1.29 is 13.6 Å². The highest BCUT2D eigenvalue weighted by molar-refractivity contribution is 5.94. The molecular weight excluding hydrogens is 200 g/mol. The van der Waals surface area contributed by atoms with E-state index in [0.29, 0.717) is 12.0 Å². The van der Waals surface area contributed by atoms with Gasteiger partial charge in [-0.25, -0.2) is 8.78 Å². The molecule has 1 saturated carbocycles. The third-order valence-electron chi connectivity index (χ3n) is 2.62. The molecule has 80 valence electrons. The fourth-order valence-electron chi connectivity index (χ4n) is 1.52. The molecule has 15 heavy (non-hydrogen) atoms. The Morgan fingerprint density at radius 3 is 2.47 bits per heavy atom. The van der Waals surface area contributed by atoms with Crippen LogP contribution < -0.4 is 5.32 Å². The summed E-state index contributed by atoms with van der Waals surface area (Å²) in [6, 6.07) is 7.39. The van der Waals surface area contributed by atoms with Crippen LogP contribution in [0.2, 0.25) is 0 Å². The zero-order valence-corrected chi connectivity index (χ0v) is 8.04. The molecule has 1 aliphatic rings. The average Bonchev–Trinajstić information content (AvgIpc) is 2.25. The first-order chi connectivity index (χ1) is 7.09. The van der Waals surface area contributed by atoms with Gasteiger partial charge in [0.2, 0.25) is 0 Å². The fourth-order valence-corrected chi connectivity index (χ4v) is 1.52. The zero-order chi connectivity index (χ0) is 10.9. The Morgan fingerprint density at radius 1 is 1.33 bits per heavy atom. The number of carbonyl (C=O) groups excluding carboxylic acids is 1. The third-order valence-corrected chi connectivity index (χ3v) is 2.62. The number of alkyl halides is 2. The number of halogens is 2. The van der Waals surface area contributed by atoms with Crippen LogP contribution in [0.1, 0.15) is 23.2 Å². The highest BCUT2D eigenvalue weighted by Gasteiger charge is 2.49. The first kappa shape index (κ1) is 10.1. The van der Waals surface area contributed by atoms with Gasteiger partial charge in [-0.1, -0.05) is 18.2 Å². The molecule has 0 aromatic heterocycles. The summed E-state index contributed by atoms with van der Waals surface area (Å²) in [5.74, 6) is -3.16. The lowest BCUT2D eigenvalue weighted by atomic mass is 9.87.